The van der Waals surface area contributed by atoms with Crippen LogP contribution in [0.3, 0.4) is 0 Å². The number of urea groups is 1. The molecule has 2 fully saturated rings. The molecule has 2 aliphatic rings. The zero-order valence-corrected chi connectivity index (χ0v) is 15.3. The molecule has 0 bridgehead atoms. The van der Waals surface area contributed by atoms with Crippen LogP contribution in [0.2, 0.25) is 0 Å². The standard InChI is InChI=1S/C17H20N6O2S/c1-11-14(15(24)19-8-13-4-5-18-10-20-13)26-16(21-11)23-7-6-22(17(23)25)9-12-2-3-12/h4-5,10,12H,2-3,6-9H2,1H3,(H,19,24). The molecule has 26 heavy (non-hydrogen) atoms. The first-order valence-electron chi connectivity index (χ1n) is 8.69. The van der Waals surface area contributed by atoms with Crippen molar-refractivity contribution < 1.29 is 9.59 Å². The Labute approximate surface area is 155 Å². The normalized spacial score (nSPS) is 17.0. The van der Waals surface area contributed by atoms with Crippen LogP contribution in [0.25, 0.3) is 0 Å². The maximum atomic E-state index is 12.6. The van der Waals surface area contributed by atoms with Crippen LogP contribution in [0.4, 0.5) is 9.93 Å². The molecule has 1 N–H and O–H groups in total. The van der Waals surface area contributed by atoms with Gasteiger partial charge in [-0.25, -0.2) is 19.7 Å². The molecule has 4 rings (SSSR count). The molecular weight excluding hydrogens is 352 g/mol. The molecule has 3 amide bonds. The zero-order valence-electron chi connectivity index (χ0n) is 14.5. The lowest BCUT2D eigenvalue weighted by molar-refractivity contribution is 0.0953. The lowest BCUT2D eigenvalue weighted by Gasteiger charge is -2.16. The van der Waals surface area contributed by atoms with E-state index < -0.39 is 0 Å². The second-order valence-electron chi connectivity index (χ2n) is 6.62. The maximum absolute atomic E-state index is 12.6. The summed E-state index contributed by atoms with van der Waals surface area (Å²) in [5.41, 5.74) is 1.37. The smallest absolute Gasteiger partial charge is 0.326 e. The molecule has 1 aliphatic heterocycles. The lowest BCUT2D eigenvalue weighted by Crippen LogP contribution is -2.33. The average molecular weight is 372 g/mol. The minimum Gasteiger partial charge on any atom is -0.346 e. The number of nitrogens with zero attached hydrogens (tertiary/aromatic N) is 5. The van der Waals surface area contributed by atoms with Gasteiger partial charge in [-0.15, -0.1) is 0 Å². The highest BCUT2D eigenvalue weighted by Crippen LogP contribution is 2.33. The Kier molecular flexibility index (Phi) is 4.54. The van der Waals surface area contributed by atoms with Crippen LogP contribution in [0.15, 0.2) is 18.6 Å². The molecule has 3 heterocycles. The van der Waals surface area contributed by atoms with E-state index in [-0.39, 0.29) is 11.9 Å². The van der Waals surface area contributed by atoms with Gasteiger partial charge in [0.05, 0.1) is 17.9 Å². The van der Waals surface area contributed by atoms with Crippen molar-refractivity contribution in [1.82, 2.24) is 25.2 Å². The molecule has 1 saturated carbocycles. The van der Waals surface area contributed by atoms with Crippen LogP contribution in [0.5, 0.6) is 0 Å². The molecule has 0 radical (unpaired) electrons. The highest BCUT2D eigenvalue weighted by molar-refractivity contribution is 7.17. The van der Waals surface area contributed by atoms with E-state index >= 15 is 0 Å². The maximum Gasteiger partial charge on any atom is 0.326 e. The van der Waals surface area contributed by atoms with Crippen LogP contribution in [0, 0.1) is 12.8 Å². The number of amides is 3. The zero-order chi connectivity index (χ0) is 18.1. The van der Waals surface area contributed by atoms with E-state index in [9.17, 15) is 9.59 Å². The summed E-state index contributed by atoms with van der Waals surface area (Å²) >= 11 is 1.26. The van der Waals surface area contributed by atoms with Crippen molar-refractivity contribution in [2.45, 2.75) is 26.3 Å². The van der Waals surface area contributed by atoms with Crippen LogP contribution < -0.4 is 10.2 Å². The molecule has 1 saturated heterocycles. The molecular formula is C17H20N6O2S. The number of rotatable bonds is 6. The first kappa shape index (κ1) is 16.9. The summed E-state index contributed by atoms with van der Waals surface area (Å²) in [4.78, 5) is 41.5. The van der Waals surface area contributed by atoms with Crippen molar-refractivity contribution in [3.05, 3.63) is 34.9 Å². The number of hydrogen-bond donors (Lipinski definition) is 1. The highest BCUT2D eigenvalue weighted by atomic mass is 32.1. The van der Waals surface area contributed by atoms with Gasteiger partial charge in [0, 0.05) is 25.8 Å². The van der Waals surface area contributed by atoms with Crippen LogP contribution in [0.1, 0.15) is 33.9 Å². The summed E-state index contributed by atoms with van der Waals surface area (Å²) in [6.07, 6.45) is 5.52. The van der Waals surface area contributed by atoms with Crippen molar-refractivity contribution in [2.75, 3.05) is 24.5 Å². The molecule has 8 nitrogen and oxygen atoms in total. The molecule has 9 heteroatoms. The summed E-state index contributed by atoms with van der Waals surface area (Å²) in [6, 6.07) is 1.75. The Hall–Kier alpha value is -2.55. The van der Waals surface area contributed by atoms with Crippen LogP contribution in [-0.4, -0.2) is 51.4 Å². The first-order valence-corrected chi connectivity index (χ1v) is 9.50. The minimum atomic E-state index is -0.202. The molecule has 0 unspecified atom stereocenters. The monoisotopic (exact) mass is 372 g/mol. The van der Waals surface area contributed by atoms with Crippen molar-refractivity contribution in [3.8, 4) is 0 Å². The molecule has 0 atom stereocenters. The van der Waals surface area contributed by atoms with Gasteiger partial charge in [-0.1, -0.05) is 11.3 Å². The summed E-state index contributed by atoms with van der Waals surface area (Å²) in [7, 11) is 0. The number of carbonyl (C=O) groups is 2. The molecule has 1 aliphatic carbocycles. The van der Waals surface area contributed by atoms with Crippen LogP contribution in [-0.2, 0) is 6.54 Å². The number of hydrogen-bond acceptors (Lipinski definition) is 6. The van der Waals surface area contributed by atoms with E-state index in [1.807, 2.05) is 4.90 Å². The molecule has 136 valence electrons. The third-order valence-electron chi connectivity index (χ3n) is 4.57. The van der Waals surface area contributed by atoms with E-state index in [4.69, 9.17) is 0 Å². The second-order valence-corrected chi connectivity index (χ2v) is 7.60. The number of aryl methyl sites for hydroxylation is 1. The number of carbonyl (C=O) groups excluding carboxylic acids is 2. The van der Waals surface area contributed by atoms with Gasteiger partial charge < -0.3 is 10.2 Å². The molecule has 0 aromatic carbocycles. The Morgan fingerprint density at radius 1 is 1.38 bits per heavy atom. The fourth-order valence-electron chi connectivity index (χ4n) is 2.92. The Balaban J connectivity index is 1.42. The largest absolute Gasteiger partial charge is 0.346 e. The number of nitrogens with one attached hydrogen (secondary N) is 1. The number of aromatic nitrogens is 3. The summed E-state index contributed by atoms with van der Waals surface area (Å²) in [5, 5.41) is 3.44. The summed E-state index contributed by atoms with van der Waals surface area (Å²) in [6.45, 7) is 4.31. The SMILES string of the molecule is Cc1nc(N2CCN(CC3CC3)C2=O)sc1C(=O)NCc1ccncn1. The van der Waals surface area contributed by atoms with E-state index in [2.05, 4.69) is 20.3 Å². The van der Waals surface area contributed by atoms with Gasteiger partial charge in [0.15, 0.2) is 5.13 Å². The molecule has 0 spiro atoms. The quantitative estimate of drug-likeness (QED) is 0.835. The van der Waals surface area contributed by atoms with Gasteiger partial charge in [-0.05, 0) is 31.7 Å². The van der Waals surface area contributed by atoms with E-state index in [0.29, 0.717) is 34.7 Å². The lowest BCUT2D eigenvalue weighted by atomic mass is 10.3. The predicted molar refractivity (Wildman–Crippen MR) is 97.1 cm³/mol. The molecule has 2 aromatic heterocycles. The Bertz CT molecular complexity index is 820. The van der Waals surface area contributed by atoms with Crippen molar-refractivity contribution in [2.24, 2.45) is 5.92 Å². The summed E-state index contributed by atoms with van der Waals surface area (Å²) < 4.78 is 0. The fraction of sp³-hybridized carbons (Fsp3) is 0.471. The second kappa shape index (κ2) is 6.99. The van der Waals surface area contributed by atoms with Gasteiger partial charge in [0.1, 0.15) is 11.2 Å². The third kappa shape index (κ3) is 3.52. The van der Waals surface area contributed by atoms with E-state index in [1.165, 1.54) is 30.5 Å². The van der Waals surface area contributed by atoms with Crippen LogP contribution >= 0.6 is 11.3 Å². The minimum absolute atomic E-state index is 0.00130. The highest BCUT2D eigenvalue weighted by Gasteiger charge is 2.35. The van der Waals surface area contributed by atoms with Gasteiger partial charge in [0.25, 0.3) is 5.91 Å². The van der Waals surface area contributed by atoms with E-state index in [1.54, 1.807) is 24.1 Å². The van der Waals surface area contributed by atoms with Crippen molar-refractivity contribution >= 4 is 28.4 Å². The topological polar surface area (TPSA) is 91.3 Å². The number of anilines is 1. The van der Waals surface area contributed by atoms with Gasteiger partial charge in [0.2, 0.25) is 0 Å². The van der Waals surface area contributed by atoms with Gasteiger partial charge >= 0.3 is 6.03 Å². The number of thiazole rings is 1. The van der Waals surface area contributed by atoms with Gasteiger partial charge in [-0.3, -0.25) is 9.69 Å². The third-order valence-corrected chi connectivity index (χ3v) is 5.75. The predicted octanol–water partition coefficient (Wildman–Crippen LogP) is 1.82. The average Bonchev–Trinajstić information content (AvgIpc) is 3.28. The Morgan fingerprint density at radius 2 is 2.23 bits per heavy atom. The van der Waals surface area contributed by atoms with Gasteiger partial charge in [-0.2, -0.15) is 0 Å². The fourth-order valence-corrected chi connectivity index (χ4v) is 3.93. The van der Waals surface area contributed by atoms with Crippen molar-refractivity contribution in [3.63, 3.8) is 0 Å². The summed E-state index contributed by atoms with van der Waals surface area (Å²) in [5.74, 6) is 0.464. The molecule has 2 aromatic rings. The first-order chi connectivity index (χ1) is 12.6. The van der Waals surface area contributed by atoms with E-state index in [0.717, 1.165) is 18.8 Å². The Morgan fingerprint density at radius 3 is 2.96 bits per heavy atom. The van der Waals surface area contributed by atoms with Crippen molar-refractivity contribution in [1.29, 1.82) is 0 Å².